The molecule has 31 heavy (non-hydrogen) atoms. The molecule has 0 spiro atoms. The Morgan fingerprint density at radius 2 is 1.87 bits per heavy atom. The molecule has 0 bridgehead atoms. The number of carbonyl (C=O) groups is 1. The molecule has 166 valence electrons. The molecule has 1 saturated heterocycles. The maximum Gasteiger partial charge on any atom is 0.251 e. The van der Waals surface area contributed by atoms with Crippen molar-refractivity contribution in [3.63, 3.8) is 0 Å². The summed E-state index contributed by atoms with van der Waals surface area (Å²) in [6.45, 7) is 7.09. The average Bonchev–Trinajstić information content (AvgIpc) is 3.26. The molecule has 0 unspecified atom stereocenters. The van der Waals surface area contributed by atoms with Crippen molar-refractivity contribution in [2.24, 2.45) is 17.4 Å². The molecule has 0 atom stereocenters. The first-order chi connectivity index (χ1) is 15.1. The van der Waals surface area contributed by atoms with Crippen molar-refractivity contribution in [1.29, 1.82) is 0 Å². The summed E-state index contributed by atoms with van der Waals surface area (Å²) in [5.41, 5.74) is 18.5. The number of fused-ring (bicyclic) bond motifs is 1. The number of piperidine rings is 1. The minimum absolute atomic E-state index is 0.309. The number of amides is 1. The topological polar surface area (TPSA) is 75.6 Å². The van der Waals surface area contributed by atoms with E-state index in [2.05, 4.69) is 54.0 Å². The summed E-state index contributed by atoms with van der Waals surface area (Å²) < 4.78 is 0. The normalized spacial score (nSPS) is 21.3. The van der Waals surface area contributed by atoms with E-state index in [1.54, 1.807) is 0 Å². The number of primary amides is 1. The number of benzene rings is 1. The quantitative estimate of drug-likeness (QED) is 0.717. The summed E-state index contributed by atoms with van der Waals surface area (Å²) in [5.74, 6) is 1.56. The molecule has 4 N–H and O–H groups in total. The molecular formula is C26H36N4O. The minimum atomic E-state index is -0.309. The van der Waals surface area contributed by atoms with Gasteiger partial charge in [-0.05, 0) is 80.7 Å². The van der Waals surface area contributed by atoms with Crippen molar-refractivity contribution in [2.75, 3.05) is 24.5 Å². The highest BCUT2D eigenvalue weighted by Crippen LogP contribution is 2.47. The Bertz CT molecular complexity index is 934. The number of allylic oxidation sites excluding steroid dienone is 3. The molecule has 1 aromatic carbocycles. The molecule has 1 saturated carbocycles. The summed E-state index contributed by atoms with van der Waals surface area (Å²) in [6, 6.07) is 8.47. The van der Waals surface area contributed by atoms with E-state index < -0.39 is 0 Å². The monoisotopic (exact) mass is 420 g/mol. The molecule has 2 heterocycles. The number of unbranched alkanes of at least 4 members (excludes halogenated alkanes) is 1. The van der Waals surface area contributed by atoms with E-state index in [1.807, 2.05) is 0 Å². The van der Waals surface area contributed by atoms with E-state index in [9.17, 15) is 4.79 Å². The summed E-state index contributed by atoms with van der Waals surface area (Å²) in [4.78, 5) is 17.6. The van der Waals surface area contributed by atoms with Gasteiger partial charge in [-0.25, -0.2) is 0 Å². The Hall–Kier alpha value is -2.53. The molecule has 4 rings (SSSR count). The Kier molecular flexibility index (Phi) is 6.51. The average molecular weight is 421 g/mol. The van der Waals surface area contributed by atoms with Gasteiger partial charge in [-0.15, -0.1) is 0 Å². The lowest BCUT2D eigenvalue weighted by molar-refractivity contribution is -0.114. The Labute approximate surface area is 186 Å². The molecule has 2 fully saturated rings. The second kappa shape index (κ2) is 9.31. The number of aryl methyl sites for hydroxylation is 1. The van der Waals surface area contributed by atoms with E-state index in [1.165, 1.54) is 22.5 Å². The second-order valence-corrected chi connectivity index (χ2v) is 9.04. The zero-order valence-corrected chi connectivity index (χ0v) is 19.0. The maximum atomic E-state index is 12.7. The number of anilines is 1. The van der Waals surface area contributed by atoms with E-state index in [-0.39, 0.29) is 5.91 Å². The third-order valence-corrected chi connectivity index (χ3v) is 6.97. The van der Waals surface area contributed by atoms with Crippen molar-refractivity contribution in [3.05, 3.63) is 64.1 Å². The first-order valence-electron chi connectivity index (χ1n) is 11.8. The lowest BCUT2D eigenvalue weighted by Gasteiger charge is -2.45. The molecule has 5 heteroatoms. The highest BCUT2D eigenvalue weighted by Gasteiger charge is 2.39. The highest BCUT2D eigenvalue weighted by molar-refractivity contribution is 6.01. The molecule has 3 aliphatic rings. The van der Waals surface area contributed by atoms with Crippen LogP contribution in [0.2, 0.25) is 0 Å². The number of carbonyl (C=O) groups excluding carboxylic acids is 1. The van der Waals surface area contributed by atoms with Gasteiger partial charge >= 0.3 is 0 Å². The summed E-state index contributed by atoms with van der Waals surface area (Å²) >= 11 is 0. The Balaban J connectivity index is 1.92. The molecule has 0 radical (unpaired) electrons. The molecule has 1 aromatic rings. The molecule has 0 aromatic heterocycles. The van der Waals surface area contributed by atoms with Gasteiger partial charge in [0.15, 0.2) is 0 Å². The number of likely N-dealkylation sites (tertiary alicyclic amines) is 1. The maximum absolute atomic E-state index is 12.7. The van der Waals surface area contributed by atoms with Crippen LogP contribution in [0.5, 0.6) is 0 Å². The van der Waals surface area contributed by atoms with Crippen LogP contribution < -0.4 is 16.4 Å². The molecular weight excluding hydrogens is 384 g/mol. The van der Waals surface area contributed by atoms with Gasteiger partial charge in [-0.2, -0.15) is 0 Å². The molecule has 5 nitrogen and oxygen atoms in total. The van der Waals surface area contributed by atoms with Gasteiger partial charge in [0, 0.05) is 13.1 Å². The SMILES string of the molecule is CCC/C=C1\C(C(N)=O)=C2CCCC2=C(N2CCC(CN)CC2)N1c1ccccc1C. The van der Waals surface area contributed by atoms with E-state index >= 15 is 0 Å². The molecule has 2 aliphatic heterocycles. The zero-order valence-electron chi connectivity index (χ0n) is 19.0. The highest BCUT2D eigenvalue weighted by atomic mass is 16.1. The van der Waals surface area contributed by atoms with Crippen molar-refractivity contribution < 1.29 is 4.79 Å². The van der Waals surface area contributed by atoms with Crippen LogP contribution in [0.4, 0.5) is 5.69 Å². The standard InChI is InChI=1S/C26H36N4O/c1-3-4-11-23-24(25(28)31)20-9-7-10-21(20)26(29-15-13-19(17-27)14-16-29)30(23)22-12-6-5-8-18(22)2/h5-6,8,11-12,19H,3-4,7,9-10,13-17,27H2,1-2H3,(H2,28,31)/b23-11+. The van der Waals surface area contributed by atoms with Gasteiger partial charge < -0.3 is 16.4 Å². The number of rotatable bonds is 6. The number of nitrogens with two attached hydrogens (primary N) is 2. The molecule has 1 aliphatic carbocycles. The van der Waals surface area contributed by atoms with Gasteiger partial charge in [0.25, 0.3) is 5.91 Å². The van der Waals surface area contributed by atoms with Crippen molar-refractivity contribution >= 4 is 11.6 Å². The molecule has 1 amide bonds. The van der Waals surface area contributed by atoms with E-state index in [4.69, 9.17) is 11.5 Å². The first-order valence-corrected chi connectivity index (χ1v) is 11.8. The van der Waals surface area contributed by atoms with Gasteiger partial charge in [0.1, 0.15) is 5.82 Å². The van der Waals surface area contributed by atoms with Gasteiger partial charge in [-0.3, -0.25) is 9.69 Å². The lowest BCUT2D eigenvalue weighted by atomic mass is 9.90. The predicted molar refractivity (Wildman–Crippen MR) is 127 cm³/mol. The second-order valence-electron chi connectivity index (χ2n) is 9.04. The van der Waals surface area contributed by atoms with Crippen LogP contribution in [0.15, 0.2) is 58.6 Å². The number of hydrogen-bond donors (Lipinski definition) is 2. The van der Waals surface area contributed by atoms with Crippen LogP contribution in [0, 0.1) is 12.8 Å². The minimum Gasteiger partial charge on any atom is -0.366 e. The van der Waals surface area contributed by atoms with Crippen LogP contribution >= 0.6 is 0 Å². The Morgan fingerprint density at radius 1 is 1.16 bits per heavy atom. The third-order valence-electron chi connectivity index (χ3n) is 6.97. The van der Waals surface area contributed by atoms with Crippen LogP contribution in [0.25, 0.3) is 0 Å². The first kappa shape index (κ1) is 21.7. The number of para-hydroxylation sites is 1. The van der Waals surface area contributed by atoms with Crippen molar-refractivity contribution in [2.45, 2.75) is 58.8 Å². The fourth-order valence-electron chi connectivity index (χ4n) is 5.30. The Morgan fingerprint density at radius 3 is 2.52 bits per heavy atom. The van der Waals surface area contributed by atoms with Gasteiger partial charge in [-0.1, -0.05) is 37.6 Å². The fraction of sp³-hybridized carbons (Fsp3) is 0.500. The van der Waals surface area contributed by atoms with Crippen LogP contribution in [-0.2, 0) is 4.79 Å². The lowest BCUT2D eigenvalue weighted by Crippen LogP contribution is -2.45. The zero-order chi connectivity index (χ0) is 22.0. The third kappa shape index (κ3) is 4.03. The van der Waals surface area contributed by atoms with Crippen LogP contribution in [0.3, 0.4) is 0 Å². The van der Waals surface area contributed by atoms with Crippen molar-refractivity contribution in [3.8, 4) is 0 Å². The largest absolute Gasteiger partial charge is 0.366 e. The van der Waals surface area contributed by atoms with Gasteiger partial charge in [0.05, 0.1) is 17.0 Å². The summed E-state index contributed by atoms with van der Waals surface area (Å²) in [7, 11) is 0. The summed E-state index contributed by atoms with van der Waals surface area (Å²) in [6.07, 6.45) is 9.41. The van der Waals surface area contributed by atoms with Gasteiger partial charge in [0.2, 0.25) is 0 Å². The number of hydrogen-bond acceptors (Lipinski definition) is 4. The number of nitrogens with zero attached hydrogens (tertiary/aromatic N) is 2. The van der Waals surface area contributed by atoms with E-state index in [0.717, 1.165) is 81.5 Å². The van der Waals surface area contributed by atoms with Crippen LogP contribution in [0.1, 0.15) is 57.4 Å². The van der Waals surface area contributed by atoms with E-state index in [0.29, 0.717) is 5.92 Å². The van der Waals surface area contributed by atoms with Crippen molar-refractivity contribution in [1.82, 2.24) is 4.90 Å². The predicted octanol–water partition coefficient (Wildman–Crippen LogP) is 4.35. The smallest absolute Gasteiger partial charge is 0.251 e. The summed E-state index contributed by atoms with van der Waals surface area (Å²) in [5, 5.41) is 0. The fourth-order valence-corrected chi connectivity index (χ4v) is 5.30. The van der Waals surface area contributed by atoms with Crippen LogP contribution in [-0.4, -0.2) is 30.4 Å².